The highest BCUT2D eigenvalue weighted by atomic mass is 16.5. The summed E-state index contributed by atoms with van der Waals surface area (Å²) in [7, 11) is 0. The molecule has 0 spiro atoms. The Hall–Kier alpha value is -2.82. The van der Waals surface area contributed by atoms with Crippen LogP contribution in [0.2, 0.25) is 0 Å². The van der Waals surface area contributed by atoms with Crippen LogP contribution in [0.25, 0.3) is 0 Å². The number of hydrogen-bond donors (Lipinski definition) is 1. The highest BCUT2D eigenvalue weighted by Gasteiger charge is 2.28. The summed E-state index contributed by atoms with van der Waals surface area (Å²) in [6, 6.07) is 15.4. The monoisotopic (exact) mass is 410 g/mol. The Kier molecular flexibility index (Phi) is 8.90. The number of benzene rings is 2. The summed E-state index contributed by atoms with van der Waals surface area (Å²) in [6.45, 7) is 10.1. The van der Waals surface area contributed by atoms with E-state index in [4.69, 9.17) is 4.74 Å². The predicted octanol–water partition coefficient (Wildman–Crippen LogP) is 4.06. The Balaban J connectivity index is 2.14. The Bertz CT molecular complexity index is 813. The zero-order chi connectivity index (χ0) is 22.1. The Labute approximate surface area is 180 Å². The molecule has 0 fully saturated rings. The highest BCUT2D eigenvalue weighted by molar-refractivity contribution is 5.88. The molecule has 0 aliphatic carbocycles. The van der Waals surface area contributed by atoms with Crippen LogP contribution in [0.3, 0.4) is 0 Å². The molecule has 0 aliphatic rings. The molecular weight excluding hydrogens is 376 g/mol. The van der Waals surface area contributed by atoms with E-state index in [1.807, 2.05) is 77.1 Å². The molecule has 0 saturated carbocycles. The van der Waals surface area contributed by atoms with Crippen molar-refractivity contribution in [2.45, 2.75) is 59.5 Å². The van der Waals surface area contributed by atoms with Crippen molar-refractivity contribution in [3.05, 3.63) is 65.2 Å². The highest BCUT2D eigenvalue weighted by Crippen LogP contribution is 2.17. The molecule has 0 heterocycles. The van der Waals surface area contributed by atoms with E-state index in [0.29, 0.717) is 25.1 Å². The van der Waals surface area contributed by atoms with Crippen LogP contribution in [0.1, 0.15) is 43.9 Å². The van der Waals surface area contributed by atoms with E-state index in [-0.39, 0.29) is 24.5 Å². The minimum absolute atomic E-state index is 0.0177. The van der Waals surface area contributed by atoms with E-state index in [9.17, 15) is 9.59 Å². The topological polar surface area (TPSA) is 58.6 Å². The van der Waals surface area contributed by atoms with Gasteiger partial charge in [0.15, 0.2) is 6.61 Å². The third kappa shape index (κ3) is 7.21. The van der Waals surface area contributed by atoms with Gasteiger partial charge in [0, 0.05) is 12.6 Å². The first-order chi connectivity index (χ1) is 14.3. The molecule has 0 aliphatic heterocycles. The zero-order valence-corrected chi connectivity index (χ0v) is 18.8. The molecule has 0 saturated heterocycles. The number of hydrogen-bond acceptors (Lipinski definition) is 3. The van der Waals surface area contributed by atoms with Crippen LogP contribution in [0.15, 0.2) is 48.5 Å². The summed E-state index contributed by atoms with van der Waals surface area (Å²) in [6.07, 6.45) is 1.23. The molecule has 30 heavy (non-hydrogen) atoms. The second-order valence-electron chi connectivity index (χ2n) is 8.02. The van der Waals surface area contributed by atoms with Gasteiger partial charge in [0.1, 0.15) is 11.8 Å². The number of aryl methyl sites for hydroxylation is 2. The zero-order valence-electron chi connectivity index (χ0n) is 18.8. The molecule has 1 N–H and O–H groups in total. The standard InChI is InChI=1S/C25H34N2O3/c1-6-23(25(29)26-18(2)3)27(13-12-21-10-8-7-9-11-21)24(28)17-30-22-15-19(4)14-20(5)16-22/h7-11,14-16,18,23H,6,12-13,17H2,1-5H3,(H,26,29)/t23-/m1/s1. The molecule has 0 unspecified atom stereocenters. The smallest absolute Gasteiger partial charge is 0.261 e. The Morgan fingerprint density at radius 3 is 2.23 bits per heavy atom. The molecule has 2 amide bonds. The Morgan fingerprint density at radius 1 is 1.03 bits per heavy atom. The molecule has 0 bridgehead atoms. The van der Waals surface area contributed by atoms with E-state index < -0.39 is 6.04 Å². The average molecular weight is 411 g/mol. The van der Waals surface area contributed by atoms with Gasteiger partial charge >= 0.3 is 0 Å². The maximum Gasteiger partial charge on any atom is 0.261 e. The summed E-state index contributed by atoms with van der Waals surface area (Å²) >= 11 is 0. The fourth-order valence-corrected chi connectivity index (χ4v) is 3.52. The third-order valence-electron chi connectivity index (χ3n) is 4.86. The van der Waals surface area contributed by atoms with Gasteiger partial charge in [0.2, 0.25) is 5.91 Å². The average Bonchev–Trinajstić information content (AvgIpc) is 2.68. The van der Waals surface area contributed by atoms with E-state index in [1.165, 1.54) is 0 Å². The molecule has 5 heteroatoms. The summed E-state index contributed by atoms with van der Waals surface area (Å²) < 4.78 is 5.80. The van der Waals surface area contributed by atoms with Crippen LogP contribution in [0.4, 0.5) is 0 Å². The van der Waals surface area contributed by atoms with Crippen molar-refractivity contribution in [1.82, 2.24) is 10.2 Å². The molecule has 0 aromatic heterocycles. The first-order valence-corrected chi connectivity index (χ1v) is 10.6. The molecule has 5 nitrogen and oxygen atoms in total. The number of ether oxygens (including phenoxy) is 1. The van der Waals surface area contributed by atoms with Crippen LogP contribution < -0.4 is 10.1 Å². The van der Waals surface area contributed by atoms with Crippen LogP contribution in [-0.4, -0.2) is 41.9 Å². The van der Waals surface area contributed by atoms with Gasteiger partial charge in [-0.3, -0.25) is 9.59 Å². The van der Waals surface area contributed by atoms with E-state index in [0.717, 1.165) is 16.7 Å². The largest absolute Gasteiger partial charge is 0.484 e. The maximum atomic E-state index is 13.1. The lowest BCUT2D eigenvalue weighted by Crippen LogP contribution is -2.52. The quantitative estimate of drug-likeness (QED) is 0.643. The van der Waals surface area contributed by atoms with Crippen molar-refractivity contribution in [1.29, 1.82) is 0 Å². The van der Waals surface area contributed by atoms with Crippen LogP contribution >= 0.6 is 0 Å². The number of rotatable bonds is 10. The molecule has 0 radical (unpaired) electrons. The number of carbonyl (C=O) groups is 2. The third-order valence-corrected chi connectivity index (χ3v) is 4.86. The molecular formula is C25H34N2O3. The summed E-state index contributed by atoms with van der Waals surface area (Å²) in [5.41, 5.74) is 3.30. The van der Waals surface area contributed by atoms with E-state index in [2.05, 4.69) is 11.4 Å². The van der Waals surface area contributed by atoms with E-state index in [1.54, 1.807) is 4.90 Å². The second-order valence-corrected chi connectivity index (χ2v) is 8.02. The summed E-state index contributed by atoms with van der Waals surface area (Å²) in [5, 5.41) is 2.94. The first kappa shape index (κ1) is 23.5. The summed E-state index contributed by atoms with van der Waals surface area (Å²) in [4.78, 5) is 27.5. The molecule has 2 aromatic carbocycles. The molecule has 2 aromatic rings. The minimum Gasteiger partial charge on any atom is -0.484 e. The minimum atomic E-state index is -0.522. The van der Waals surface area contributed by atoms with Crippen LogP contribution in [0, 0.1) is 13.8 Å². The lowest BCUT2D eigenvalue weighted by atomic mass is 10.1. The lowest BCUT2D eigenvalue weighted by Gasteiger charge is -2.31. The maximum absolute atomic E-state index is 13.1. The van der Waals surface area contributed by atoms with Gasteiger partial charge in [0.25, 0.3) is 5.91 Å². The van der Waals surface area contributed by atoms with Gasteiger partial charge in [-0.25, -0.2) is 0 Å². The summed E-state index contributed by atoms with van der Waals surface area (Å²) in [5.74, 6) is 0.361. The molecule has 162 valence electrons. The second kappa shape index (κ2) is 11.4. The van der Waals surface area contributed by atoms with Gasteiger partial charge in [-0.05, 0) is 69.4 Å². The number of carbonyl (C=O) groups excluding carboxylic acids is 2. The van der Waals surface area contributed by atoms with Crippen molar-refractivity contribution in [3.63, 3.8) is 0 Å². The van der Waals surface area contributed by atoms with Gasteiger partial charge in [0.05, 0.1) is 0 Å². The molecule has 2 rings (SSSR count). The first-order valence-electron chi connectivity index (χ1n) is 10.6. The lowest BCUT2D eigenvalue weighted by molar-refractivity contribution is -0.142. The van der Waals surface area contributed by atoms with Crippen molar-refractivity contribution < 1.29 is 14.3 Å². The van der Waals surface area contributed by atoms with Crippen molar-refractivity contribution >= 4 is 11.8 Å². The number of nitrogens with zero attached hydrogens (tertiary/aromatic N) is 1. The van der Waals surface area contributed by atoms with Crippen molar-refractivity contribution in [2.24, 2.45) is 0 Å². The SMILES string of the molecule is CC[C@H](C(=O)NC(C)C)N(CCc1ccccc1)C(=O)COc1cc(C)cc(C)c1. The van der Waals surface area contributed by atoms with Gasteiger partial charge in [-0.2, -0.15) is 0 Å². The van der Waals surface area contributed by atoms with Gasteiger partial charge in [-0.1, -0.05) is 43.3 Å². The number of amides is 2. The van der Waals surface area contributed by atoms with E-state index >= 15 is 0 Å². The van der Waals surface area contributed by atoms with Crippen LogP contribution in [-0.2, 0) is 16.0 Å². The van der Waals surface area contributed by atoms with Gasteiger partial charge in [-0.15, -0.1) is 0 Å². The van der Waals surface area contributed by atoms with Crippen molar-refractivity contribution in [3.8, 4) is 5.75 Å². The fraction of sp³-hybridized carbons (Fsp3) is 0.440. The fourth-order valence-electron chi connectivity index (χ4n) is 3.52. The number of nitrogens with one attached hydrogen (secondary N) is 1. The molecule has 1 atom stereocenters. The Morgan fingerprint density at radius 2 is 1.67 bits per heavy atom. The van der Waals surface area contributed by atoms with Crippen molar-refractivity contribution in [2.75, 3.05) is 13.2 Å². The van der Waals surface area contributed by atoms with Gasteiger partial charge < -0.3 is 15.0 Å². The van der Waals surface area contributed by atoms with Crippen LogP contribution in [0.5, 0.6) is 5.75 Å². The predicted molar refractivity (Wildman–Crippen MR) is 121 cm³/mol. The normalized spacial score (nSPS) is 11.8.